The third kappa shape index (κ3) is 2.89. The molecule has 18 heavy (non-hydrogen) atoms. The highest BCUT2D eigenvalue weighted by Crippen LogP contribution is 2.16. The quantitative estimate of drug-likeness (QED) is 0.878. The van der Waals surface area contributed by atoms with Crippen molar-refractivity contribution in [1.29, 1.82) is 0 Å². The topological polar surface area (TPSA) is 55.6 Å². The van der Waals surface area contributed by atoms with Gasteiger partial charge in [0.25, 0.3) is 0 Å². The van der Waals surface area contributed by atoms with Crippen LogP contribution in [0.1, 0.15) is 24.9 Å². The van der Waals surface area contributed by atoms with Gasteiger partial charge in [-0.3, -0.25) is 4.79 Å². The van der Waals surface area contributed by atoms with Crippen molar-refractivity contribution in [1.82, 2.24) is 4.90 Å². The Morgan fingerprint density at radius 3 is 2.89 bits per heavy atom. The van der Waals surface area contributed by atoms with Gasteiger partial charge < -0.3 is 15.4 Å². The summed E-state index contributed by atoms with van der Waals surface area (Å²) in [6.45, 7) is 3.95. The summed E-state index contributed by atoms with van der Waals surface area (Å²) in [5.74, 6) is -0.0112. The maximum atomic E-state index is 12.3. The van der Waals surface area contributed by atoms with Gasteiger partial charge in [-0.05, 0) is 12.0 Å². The number of amides is 1. The maximum absolute atomic E-state index is 12.3. The predicted octanol–water partition coefficient (Wildman–Crippen LogP) is 1.32. The number of rotatable bonds is 3. The summed E-state index contributed by atoms with van der Waals surface area (Å²) in [4.78, 5) is 14.1. The number of carbonyl (C=O) groups excluding carboxylic acids is 1. The van der Waals surface area contributed by atoms with E-state index >= 15 is 0 Å². The Balaban J connectivity index is 2.02. The van der Waals surface area contributed by atoms with Crippen molar-refractivity contribution >= 4 is 5.91 Å². The molecular formula is C14H20N2O2. The van der Waals surface area contributed by atoms with E-state index in [0.717, 1.165) is 12.0 Å². The molecule has 1 aliphatic rings. The summed E-state index contributed by atoms with van der Waals surface area (Å²) in [7, 11) is 0. The fraction of sp³-hybridized carbons (Fsp3) is 0.500. The van der Waals surface area contributed by atoms with Crippen LogP contribution in [0.4, 0.5) is 0 Å². The van der Waals surface area contributed by atoms with E-state index in [1.165, 1.54) is 0 Å². The van der Waals surface area contributed by atoms with Crippen molar-refractivity contribution in [2.75, 3.05) is 19.7 Å². The van der Waals surface area contributed by atoms with Crippen LogP contribution in [0.2, 0.25) is 0 Å². The molecular weight excluding hydrogens is 228 g/mol. The van der Waals surface area contributed by atoms with Crippen molar-refractivity contribution < 1.29 is 9.53 Å². The Morgan fingerprint density at radius 1 is 1.50 bits per heavy atom. The molecule has 1 aromatic rings. The molecule has 2 atom stereocenters. The number of morpholine rings is 1. The monoisotopic (exact) mass is 248 g/mol. The molecule has 0 aliphatic carbocycles. The third-order valence-electron chi connectivity index (χ3n) is 3.33. The van der Waals surface area contributed by atoms with Crippen molar-refractivity contribution in [2.45, 2.75) is 25.5 Å². The van der Waals surface area contributed by atoms with E-state index in [0.29, 0.717) is 19.7 Å². The van der Waals surface area contributed by atoms with E-state index in [9.17, 15) is 4.79 Å². The highest BCUT2D eigenvalue weighted by atomic mass is 16.5. The predicted molar refractivity (Wildman–Crippen MR) is 70.0 cm³/mol. The number of hydrogen-bond donors (Lipinski definition) is 1. The molecule has 2 rings (SSSR count). The van der Waals surface area contributed by atoms with Crippen LogP contribution in [-0.2, 0) is 9.53 Å². The van der Waals surface area contributed by atoms with Crippen molar-refractivity contribution in [3.8, 4) is 0 Å². The summed E-state index contributed by atoms with van der Waals surface area (Å²) >= 11 is 0. The van der Waals surface area contributed by atoms with E-state index in [1.54, 1.807) is 0 Å². The normalized spacial score (nSPS) is 21.7. The second-order valence-electron chi connectivity index (χ2n) is 4.57. The molecule has 0 saturated carbocycles. The smallest absolute Gasteiger partial charge is 0.244 e. The molecule has 1 aliphatic heterocycles. The van der Waals surface area contributed by atoms with Crippen LogP contribution in [-0.4, -0.2) is 36.6 Å². The highest BCUT2D eigenvalue weighted by Gasteiger charge is 2.27. The molecule has 4 nitrogen and oxygen atoms in total. The second kappa shape index (κ2) is 5.98. The summed E-state index contributed by atoms with van der Waals surface area (Å²) in [5.41, 5.74) is 6.89. The van der Waals surface area contributed by atoms with Crippen LogP contribution in [0.5, 0.6) is 0 Å². The number of benzene rings is 1. The molecule has 0 bridgehead atoms. The van der Waals surface area contributed by atoms with Gasteiger partial charge in [-0.2, -0.15) is 0 Å². The molecule has 1 amide bonds. The third-order valence-corrected chi connectivity index (χ3v) is 3.33. The first-order valence-corrected chi connectivity index (χ1v) is 6.43. The van der Waals surface area contributed by atoms with Crippen molar-refractivity contribution in [2.24, 2.45) is 5.73 Å². The van der Waals surface area contributed by atoms with Crippen LogP contribution in [0.15, 0.2) is 30.3 Å². The summed E-state index contributed by atoms with van der Waals surface area (Å²) in [6.07, 6.45) is 1.07. The summed E-state index contributed by atoms with van der Waals surface area (Å²) in [5, 5.41) is 0. The average molecular weight is 248 g/mol. The van der Waals surface area contributed by atoms with Gasteiger partial charge >= 0.3 is 0 Å². The molecule has 0 unspecified atom stereocenters. The van der Waals surface area contributed by atoms with E-state index < -0.39 is 6.04 Å². The van der Waals surface area contributed by atoms with Crippen LogP contribution >= 0.6 is 0 Å². The lowest BCUT2D eigenvalue weighted by Gasteiger charge is -2.34. The fourth-order valence-corrected chi connectivity index (χ4v) is 2.17. The zero-order chi connectivity index (χ0) is 13.0. The number of carbonyl (C=O) groups is 1. The standard InChI is InChI=1S/C14H20N2O2/c1-2-12-10-16(8-9-18-12)14(17)13(15)11-6-4-3-5-7-11/h3-7,12-13H,2,8-10,15H2,1H3/t12-,13+/m0/s1. The molecule has 2 N–H and O–H groups in total. The van der Waals surface area contributed by atoms with Gasteiger partial charge in [-0.15, -0.1) is 0 Å². The number of ether oxygens (including phenoxy) is 1. The molecule has 1 saturated heterocycles. The number of nitrogens with zero attached hydrogens (tertiary/aromatic N) is 1. The first-order valence-electron chi connectivity index (χ1n) is 6.43. The van der Waals surface area contributed by atoms with E-state index in [4.69, 9.17) is 10.5 Å². The number of nitrogens with two attached hydrogens (primary N) is 1. The Morgan fingerprint density at radius 2 is 2.22 bits per heavy atom. The minimum Gasteiger partial charge on any atom is -0.375 e. The molecule has 0 radical (unpaired) electrons. The molecule has 1 aromatic carbocycles. The maximum Gasteiger partial charge on any atom is 0.244 e. The van der Waals surface area contributed by atoms with Crippen molar-refractivity contribution in [3.05, 3.63) is 35.9 Å². The molecule has 1 heterocycles. The zero-order valence-corrected chi connectivity index (χ0v) is 10.7. The Kier molecular flexibility index (Phi) is 4.33. The van der Waals surface area contributed by atoms with Gasteiger partial charge in [0.2, 0.25) is 5.91 Å². The summed E-state index contributed by atoms with van der Waals surface area (Å²) in [6, 6.07) is 8.93. The van der Waals surface area contributed by atoms with E-state index in [-0.39, 0.29) is 12.0 Å². The first kappa shape index (κ1) is 13.1. The van der Waals surface area contributed by atoms with Crippen LogP contribution in [0.25, 0.3) is 0 Å². The highest BCUT2D eigenvalue weighted by molar-refractivity contribution is 5.83. The largest absolute Gasteiger partial charge is 0.375 e. The van der Waals surface area contributed by atoms with Gasteiger partial charge in [0, 0.05) is 13.1 Å². The molecule has 0 aromatic heterocycles. The SMILES string of the molecule is CC[C@H]1CN(C(=O)[C@H](N)c2ccccc2)CCO1. The van der Waals surface area contributed by atoms with Gasteiger partial charge in [0.1, 0.15) is 6.04 Å². The lowest BCUT2D eigenvalue weighted by Crippen LogP contribution is -2.48. The lowest BCUT2D eigenvalue weighted by molar-refractivity contribution is -0.140. The Bertz CT molecular complexity index is 394. The average Bonchev–Trinajstić information content (AvgIpc) is 2.46. The van der Waals surface area contributed by atoms with Gasteiger partial charge in [0.15, 0.2) is 0 Å². The van der Waals surface area contributed by atoms with Crippen LogP contribution in [0, 0.1) is 0 Å². The Hall–Kier alpha value is -1.39. The first-order chi connectivity index (χ1) is 8.72. The van der Waals surface area contributed by atoms with Crippen LogP contribution in [0.3, 0.4) is 0 Å². The molecule has 98 valence electrons. The van der Waals surface area contributed by atoms with Gasteiger partial charge in [-0.25, -0.2) is 0 Å². The molecule has 1 fully saturated rings. The second-order valence-corrected chi connectivity index (χ2v) is 4.57. The van der Waals surface area contributed by atoms with E-state index in [2.05, 4.69) is 6.92 Å². The van der Waals surface area contributed by atoms with Crippen molar-refractivity contribution in [3.63, 3.8) is 0 Å². The zero-order valence-electron chi connectivity index (χ0n) is 10.7. The van der Waals surface area contributed by atoms with Gasteiger partial charge in [0.05, 0.1) is 12.7 Å². The molecule has 0 spiro atoms. The van der Waals surface area contributed by atoms with E-state index in [1.807, 2.05) is 35.2 Å². The van der Waals surface area contributed by atoms with Gasteiger partial charge in [-0.1, -0.05) is 37.3 Å². The molecule has 4 heteroatoms. The van der Waals surface area contributed by atoms with Crippen LogP contribution < -0.4 is 5.73 Å². The minimum absolute atomic E-state index is 0.0112. The fourth-order valence-electron chi connectivity index (χ4n) is 2.17. The number of hydrogen-bond acceptors (Lipinski definition) is 3. The Labute approximate surface area is 108 Å². The lowest BCUT2D eigenvalue weighted by atomic mass is 10.1. The summed E-state index contributed by atoms with van der Waals surface area (Å²) < 4.78 is 5.56. The minimum atomic E-state index is -0.568.